The zero-order valence-electron chi connectivity index (χ0n) is 12.4. The summed E-state index contributed by atoms with van der Waals surface area (Å²) >= 11 is 10.5. The summed E-state index contributed by atoms with van der Waals surface area (Å²) < 4.78 is 7.25. The number of ether oxygens (including phenoxy) is 1. The molecular weight excluding hydrogens is 382 g/mol. The van der Waals surface area contributed by atoms with E-state index in [1.54, 1.807) is 11.3 Å². The van der Waals surface area contributed by atoms with Gasteiger partial charge in [0.05, 0.1) is 14.1 Å². The number of hydrogen-bond acceptors (Lipinski definition) is 6. The van der Waals surface area contributed by atoms with E-state index in [2.05, 4.69) is 18.2 Å². The fourth-order valence-electron chi connectivity index (χ4n) is 2.30. The Kier molecular flexibility index (Phi) is 4.14. The number of aromatic nitrogens is 1. The molecule has 0 spiro atoms. The van der Waals surface area contributed by atoms with Gasteiger partial charge in [-0.2, -0.15) is 0 Å². The van der Waals surface area contributed by atoms with E-state index in [-0.39, 0.29) is 5.97 Å². The summed E-state index contributed by atoms with van der Waals surface area (Å²) in [6.07, 6.45) is 0. The molecule has 0 saturated heterocycles. The van der Waals surface area contributed by atoms with Crippen LogP contribution in [0.1, 0.15) is 6.92 Å². The fraction of sp³-hybridized carbons (Fsp3) is 0.0588. The van der Waals surface area contributed by atoms with Crippen LogP contribution in [0.3, 0.4) is 0 Å². The molecule has 0 amide bonds. The number of halogens is 1. The minimum Gasteiger partial charge on any atom is -0.413 e. The lowest BCUT2D eigenvalue weighted by Crippen LogP contribution is -2.00. The minimum atomic E-state index is -0.356. The van der Waals surface area contributed by atoms with Crippen LogP contribution in [-0.2, 0) is 4.79 Å². The van der Waals surface area contributed by atoms with Gasteiger partial charge in [-0.05, 0) is 29.7 Å². The summed E-state index contributed by atoms with van der Waals surface area (Å²) in [6, 6.07) is 14.0. The molecule has 0 bridgehead atoms. The van der Waals surface area contributed by atoms with Crippen LogP contribution < -0.4 is 4.74 Å². The predicted octanol–water partition coefficient (Wildman–Crippen LogP) is 6.33. The lowest BCUT2D eigenvalue weighted by atomic mass is 10.2. The molecule has 3 aromatic heterocycles. The van der Waals surface area contributed by atoms with Gasteiger partial charge in [0.1, 0.15) is 10.7 Å². The SMILES string of the molecule is CC(=O)Oc1sc(-c2cc3ccccc3s2)nc1-c1ccc(Cl)s1. The van der Waals surface area contributed by atoms with Crippen molar-refractivity contribution in [3.8, 4) is 25.5 Å². The van der Waals surface area contributed by atoms with Crippen LogP contribution in [0.5, 0.6) is 5.06 Å². The zero-order valence-corrected chi connectivity index (χ0v) is 15.6. The van der Waals surface area contributed by atoms with Crippen molar-refractivity contribution in [3.63, 3.8) is 0 Å². The van der Waals surface area contributed by atoms with E-state index in [0.717, 1.165) is 14.8 Å². The number of carbonyl (C=O) groups excluding carboxylic acids is 1. The maximum Gasteiger partial charge on any atom is 0.308 e. The Hall–Kier alpha value is -1.73. The normalized spacial score (nSPS) is 11.1. The van der Waals surface area contributed by atoms with E-state index in [1.165, 1.54) is 39.7 Å². The first-order valence-corrected chi connectivity index (χ1v) is 9.87. The standard InChI is InChI=1S/C17H10ClNO2S3/c1-9(20)21-17-15(12-6-7-14(18)23-12)19-16(24-17)13-8-10-4-2-3-5-11(10)22-13/h2-8H,1H3. The lowest BCUT2D eigenvalue weighted by molar-refractivity contribution is -0.131. The van der Waals surface area contributed by atoms with Gasteiger partial charge in [0, 0.05) is 11.6 Å². The molecule has 0 aliphatic carbocycles. The summed E-state index contributed by atoms with van der Waals surface area (Å²) in [5, 5.41) is 2.53. The van der Waals surface area contributed by atoms with Gasteiger partial charge in [0.15, 0.2) is 0 Å². The number of nitrogens with zero attached hydrogens (tertiary/aromatic N) is 1. The average Bonchev–Trinajstić information content (AvgIpc) is 3.23. The lowest BCUT2D eigenvalue weighted by Gasteiger charge is -1.98. The van der Waals surface area contributed by atoms with Crippen molar-refractivity contribution in [1.29, 1.82) is 0 Å². The number of benzene rings is 1. The Morgan fingerprint density at radius 3 is 2.62 bits per heavy atom. The molecule has 0 aliphatic heterocycles. The Bertz CT molecular complexity index is 1010. The Morgan fingerprint density at radius 1 is 1.08 bits per heavy atom. The first-order valence-electron chi connectivity index (χ1n) is 7.04. The Balaban J connectivity index is 1.84. The van der Waals surface area contributed by atoms with Crippen molar-refractivity contribution in [3.05, 3.63) is 46.8 Å². The fourth-order valence-corrected chi connectivity index (χ4v) is 5.47. The Morgan fingerprint density at radius 2 is 1.92 bits per heavy atom. The molecule has 7 heteroatoms. The second-order valence-electron chi connectivity index (χ2n) is 5.00. The van der Waals surface area contributed by atoms with Crippen LogP contribution in [0.25, 0.3) is 30.5 Å². The van der Waals surface area contributed by atoms with Crippen LogP contribution in [-0.4, -0.2) is 11.0 Å². The smallest absolute Gasteiger partial charge is 0.308 e. The molecule has 0 unspecified atom stereocenters. The molecular formula is C17H10ClNO2S3. The molecule has 0 aliphatic rings. The van der Waals surface area contributed by atoms with E-state index in [4.69, 9.17) is 21.3 Å². The number of esters is 1. The van der Waals surface area contributed by atoms with Crippen molar-refractivity contribution in [2.24, 2.45) is 0 Å². The molecule has 24 heavy (non-hydrogen) atoms. The number of thiazole rings is 1. The van der Waals surface area contributed by atoms with Gasteiger partial charge in [-0.1, -0.05) is 41.1 Å². The molecule has 4 aromatic rings. The number of carbonyl (C=O) groups is 1. The van der Waals surface area contributed by atoms with Crippen molar-refractivity contribution in [2.75, 3.05) is 0 Å². The van der Waals surface area contributed by atoms with E-state index in [0.29, 0.717) is 15.1 Å². The molecule has 0 saturated carbocycles. The maximum absolute atomic E-state index is 11.4. The highest BCUT2D eigenvalue weighted by Gasteiger charge is 2.19. The van der Waals surface area contributed by atoms with Crippen LogP contribution in [0, 0.1) is 0 Å². The van der Waals surface area contributed by atoms with Crippen LogP contribution >= 0.6 is 45.6 Å². The number of rotatable bonds is 3. The topological polar surface area (TPSA) is 39.2 Å². The van der Waals surface area contributed by atoms with Crippen LogP contribution in [0.4, 0.5) is 0 Å². The largest absolute Gasteiger partial charge is 0.413 e. The summed E-state index contributed by atoms with van der Waals surface area (Å²) in [5.41, 5.74) is 0.666. The zero-order chi connectivity index (χ0) is 16.7. The second kappa shape index (κ2) is 6.29. The summed E-state index contributed by atoms with van der Waals surface area (Å²) in [7, 11) is 0. The first-order chi connectivity index (χ1) is 11.6. The van der Waals surface area contributed by atoms with Crippen molar-refractivity contribution >= 4 is 61.7 Å². The predicted molar refractivity (Wildman–Crippen MR) is 103 cm³/mol. The van der Waals surface area contributed by atoms with Crippen molar-refractivity contribution in [2.45, 2.75) is 6.92 Å². The molecule has 0 atom stereocenters. The highest BCUT2D eigenvalue weighted by atomic mass is 35.5. The van der Waals surface area contributed by atoms with Gasteiger partial charge < -0.3 is 4.74 Å². The quantitative estimate of drug-likeness (QED) is 0.383. The minimum absolute atomic E-state index is 0.356. The molecule has 1 aromatic carbocycles. The van der Waals surface area contributed by atoms with Gasteiger partial charge in [-0.25, -0.2) is 4.98 Å². The number of hydrogen-bond donors (Lipinski definition) is 0. The summed E-state index contributed by atoms with van der Waals surface area (Å²) in [4.78, 5) is 18.1. The van der Waals surface area contributed by atoms with Crippen molar-refractivity contribution < 1.29 is 9.53 Å². The summed E-state index contributed by atoms with van der Waals surface area (Å²) in [6.45, 7) is 1.39. The second-order valence-corrected chi connectivity index (χ2v) is 8.76. The van der Waals surface area contributed by atoms with E-state index in [1.807, 2.05) is 24.3 Å². The van der Waals surface area contributed by atoms with Crippen molar-refractivity contribution in [1.82, 2.24) is 4.98 Å². The van der Waals surface area contributed by atoms with E-state index in [9.17, 15) is 4.79 Å². The van der Waals surface area contributed by atoms with Crippen LogP contribution in [0.15, 0.2) is 42.5 Å². The molecule has 3 nitrogen and oxygen atoms in total. The molecule has 0 N–H and O–H groups in total. The third-order valence-electron chi connectivity index (χ3n) is 3.28. The molecule has 120 valence electrons. The van der Waals surface area contributed by atoms with Gasteiger partial charge >= 0.3 is 5.97 Å². The Labute approximate surface area is 155 Å². The number of thiophene rings is 2. The highest BCUT2D eigenvalue weighted by molar-refractivity contribution is 7.26. The maximum atomic E-state index is 11.4. The molecule has 4 rings (SSSR count). The van der Waals surface area contributed by atoms with Gasteiger partial charge in [0.2, 0.25) is 5.06 Å². The first kappa shape index (κ1) is 15.8. The number of fused-ring (bicyclic) bond motifs is 1. The highest BCUT2D eigenvalue weighted by Crippen LogP contribution is 2.45. The van der Waals surface area contributed by atoms with Gasteiger partial charge in [-0.3, -0.25) is 4.79 Å². The summed E-state index contributed by atoms with van der Waals surface area (Å²) in [5.74, 6) is -0.356. The van der Waals surface area contributed by atoms with E-state index < -0.39 is 0 Å². The van der Waals surface area contributed by atoms with Gasteiger partial charge in [0.25, 0.3) is 0 Å². The van der Waals surface area contributed by atoms with E-state index >= 15 is 0 Å². The molecule has 0 fully saturated rings. The van der Waals surface area contributed by atoms with Crippen LogP contribution in [0.2, 0.25) is 4.34 Å². The third-order valence-corrected chi connectivity index (χ3v) is 6.73. The van der Waals surface area contributed by atoms with Gasteiger partial charge in [-0.15, -0.1) is 22.7 Å². The third kappa shape index (κ3) is 2.98. The molecule has 0 radical (unpaired) electrons. The molecule has 3 heterocycles. The monoisotopic (exact) mass is 391 g/mol. The average molecular weight is 392 g/mol.